The summed E-state index contributed by atoms with van der Waals surface area (Å²) in [4.78, 5) is 9.79. The number of hydrogen-bond acceptors (Lipinski definition) is 4. The van der Waals surface area contributed by atoms with Gasteiger partial charge in [-0.15, -0.1) is 0 Å². The Bertz CT molecular complexity index is 133. The van der Waals surface area contributed by atoms with Crippen molar-refractivity contribution in [2.45, 2.75) is 38.9 Å². The summed E-state index contributed by atoms with van der Waals surface area (Å²) in [6.07, 6.45) is 5.44. The highest BCUT2D eigenvalue weighted by molar-refractivity contribution is 6.45. The Labute approximate surface area is 86.2 Å². The quantitative estimate of drug-likeness (QED) is 0.312. The second-order valence-electron chi connectivity index (χ2n) is 3.36. The zero-order valence-corrected chi connectivity index (χ0v) is 8.87. The molecule has 0 spiro atoms. The maximum absolute atomic E-state index is 9.79. The summed E-state index contributed by atoms with van der Waals surface area (Å²) < 4.78 is 4.57. The van der Waals surface area contributed by atoms with E-state index in [0.717, 1.165) is 38.6 Å². The first kappa shape index (κ1) is 13.5. The molecule has 0 heterocycles. The van der Waals surface area contributed by atoms with Gasteiger partial charge in [-0.05, 0) is 26.2 Å². The molecule has 0 amide bonds. The number of carbonyl (C=O) groups excluding carboxylic acids is 1. The van der Waals surface area contributed by atoms with Crippen LogP contribution in [0.4, 0.5) is 0 Å². The van der Waals surface area contributed by atoms with E-state index in [9.17, 15) is 4.79 Å². The van der Waals surface area contributed by atoms with E-state index in [4.69, 9.17) is 5.02 Å². The van der Waals surface area contributed by atoms with Gasteiger partial charge >= 0.3 is 7.05 Å². The van der Waals surface area contributed by atoms with Crippen LogP contribution in [-0.4, -0.2) is 31.7 Å². The van der Waals surface area contributed by atoms with Crippen LogP contribution in [-0.2, 0) is 9.53 Å². The van der Waals surface area contributed by atoms with Crippen LogP contribution in [0.2, 0.25) is 6.82 Å². The molecule has 0 aliphatic heterocycles. The molecule has 0 fully saturated rings. The Kier molecular flexibility index (Phi) is 10.1. The molecule has 0 aliphatic carbocycles. The molecule has 0 unspecified atom stereocenters. The molecular formula is C9H20BNO3. The summed E-state index contributed by atoms with van der Waals surface area (Å²) in [5.74, 6) is 0. The summed E-state index contributed by atoms with van der Waals surface area (Å²) in [5, 5.41) is 11.8. The minimum atomic E-state index is -0.406. The molecule has 0 aromatic carbocycles. The van der Waals surface area contributed by atoms with Crippen molar-refractivity contribution in [3.8, 4) is 0 Å². The van der Waals surface area contributed by atoms with Gasteiger partial charge in [0.15, 0.2) is 0 Å². The van der Waals surface area contributed by atoms with E-state index in [1.807, 2.05) is 0 Å². The van der Waals surface area contributed by atoms with E-state index in [1.165, 1.54) is 0 Å². The molecule has 0 bridgehead atoms. The van der Waals surface area contributed by atoms with Crippen LogP contribution in [0.5, 0.6) is 0 Å². The van der Waals surface area contributed by atoms with Gasteiger partial charge in [0.1, 0.15) is 0 Å². The van der Waals surface area contributed by atoms with Crippen LogP contribution in [0.25, 0.3) is 0 Å². The third-order valence-corrected chi connectivity index (χ3v) is 1.95. The van der Waals surface area contributed by atoms with Gasteiger partial charge in [0.2, 0.25) is 0 Å². The largest absolute Gasteiger partial charge is 0.468 e. The van der Waals surface area contributed by atoms with Crippen LogP contribution >= 0.6 is 0 Å². The summed E-state index contributed by atoms with van der Waals surface area (Å²) >= 11 is 0. The van der Waals surface area contributed by atoms with Gasteiger partial charge in [0.05, 0.1) is 6.61 Å². The zero-order chi connectivity index (χ0) is 10.6. The summed E-state index contributed by atoms with van der Waals surface area (Å²) in [6.45, 7) is 3.61. The van der Waals surface area contributed by atoms with Crippen LogP contribution < -0.4 is 5.23 Å². The maximum atomic E-state index is 9.79. The Balaban J connectivity index is 2.88. The highest BCUT2D eigenvalue weighted by Gasteiger charge is 1.98. The fourth-order valence-corrected chi connectivity index (χ4v) is 1.20. The second kappa shape index (κ2) is 10.5. The van der Waals surface area contributed by atoms with Crippen LogP contribution in [0.1, 0.15) is 32.1 Å². The average molecular weight is 201 g/mol. The van der Waals surface area contributed by atoms with Crippen molar-refractivity contribution in [1.82, 2.24) is 5.23 Å². The van der Waals surface area contributed by atoms with Crippen LogP contribution in [0.3, 0.4) is 0 Å². The maximum Gasteiger partial charge on any atom is 0.373 e. The monoisotopic (exact) mass is 201 g/mol. The lowest BCUT2D eigenvalue weighted by Gasteiger charge is -2.03. The summed E-state index contributed by atoms with van der Waals surface area (Å²) in [6, 6.07) is 0. The van der Waals surface area contributed by atoms with E-state index in [0.29, 0.717) is 13.1 Å². The number of rotatable bonds is 10. The molecule has 0 aromatic heterocycles. The Hall–Kier alpha value is -0.545. The fourth-order valence-electron chi connectivity index (χ4n) is 1.20. The molecule has 0 rings (SSSR count). The zero-order valence-electron chi connectivity index (χ0n) is 8.87. The van der Waals surface area contributed by atoms with Gasteiger partial charge in [-0.25, -0.2) is 0 Å². The Morgan fingerprint density at radius 3 is 2.57 bits per heavy atom. The molecule has 0 aromatic rings. The molecule has 0 atom stereocenters. The normalized spacial score (nSPS) is 9.86. The highest BCUT2D eigenvalue weighted by Crippen LogP contribution is 2.02. The number of unbranched alkanes of at least 4 members (excludes halogenated alkanes) is 4. The predicted molar refractivity (Wildman–Crippen MR) is 56.9 cm³/mol. The van der Waals surface area contributed by atoms with Crippen molar-refractivity contribution in [2.24, 2.45) is 0 Å². The molecule has 5 heteroatoms. The summed E-state index contributed by atoms with van der Waals surface area (Å²) in [5.41, 5.74) is 0. The second-order valence-corrected chi connectivity index (χ2v) is 3.36. The third kappa shape index (κ3) is 11.5. The van der Waals surface area contributed by atoms with Crippen molar-refractivity contribution in [2.75, 3.05) is 13.2 Å². The minimum Gasteiger partial charge on any atom is -0.468 e. The molecule has 14 heavy (non-hydrogen) atoms. The molecule has 82 valence electrons. The lowest BCUT2D eigenvalue weighted by molar-refractivity contribution is -0.128. The van der Waals surface area contributed by atoms with Crippen molar-refractivity contribution >= 4 is 13.5 Å². The van der Waals surface area contributed by atoms with Crippen molar-refractivity contribution in [3.05, 3.63) is 0 Å². The molecule has 4 nitrogen and oxygen atoms in total. The van der Waals surface area contributed by atoms with Gasteiger partial charge in [-0.3, -0.25) is 4.79 Å². The average Bonchev–Trinajstić information content (AvgIpc) is 2.15. The standard InChI is InChI=1S/C9H20BNO3/c1-10(13)11-7-5-3-2-4-6-8-14-9-12/h9,11,13H,2-8H2,1H3. The third-order valence-electron chi connectivity index (χ3n) is 1.95. The lowest BCUT2D eigenvalue weighted by Crippen LogP contribution is -2.31. The van der Waals surface area contributed by atoms with E-state index < -0.39 is 7.05 Å². The molecule has 0 saturated heterocycles. The lowest BCUT2D eigenvalue weighted by atomic mass is 9.89. The first-order valence-electron chi connectivity index (χ1n) is 5.24. The number of hydrogen-bond donors (Lipinski definition) is 2. The van der Waals surface area contributed by atoms with Crippen molar-refractivity contribution in [3.63, 3.8) is 0 Å². The molecular weight excluding hydrogens is 181 g/mol. The minimum absolute atomic E-state index is 0.406. The van der Waals surface area contributed by atoms with E-state index in [1.54, 1.807) is 6.82 Å². The van der Waals surface area contributed by atoms with Crippen LogP contribution in [0, 0.1) is 0 Å². The Morgan fingerprint density at radius 2 is 1.93 bits per heavy atom. The molecule has 2 N–H and O–H groups in total. The van der Waals surface area contributed by atoms with Gasteiger partial charge in [0.25, 0.3) is 6.47 Å². The van der Waals surface area contributed by atoms with E-state index >= 15 is 0 Å². The highest BCUT2D eigenvalue weighted by atomic mass is 16.5. The Morgan fingerprint density at radius 1 is 1.29 bits per heavy atom. The first-order valence-corrected chi connectivity index (χ1v) is 5.24. The first-order chi connectivity index (χ1) is 6.77. The van der Waals surface area contributed by atoms with Gasteiger partial charge in [-0.2, -0.15) is 0 Å². The summed E-state index contributed by atoms with van der Waals surface area (Å²) in [7, 11) is -0.406. The smallest absolute Gasteiger partial charge is 0.373 e. The van der Waals surface area contributed by atoms with E-state index in [2.05, 4.69) is 9.96 Å². The van der Waals surface area contributed by atoms with Crippen molar-refractivity contribution < 1.29 is 14.6 Å². The van der Waals surface area contributed by atoms with E-state index in [-0.39, 0.29) is 0 Å². The predicted octanol–water partition coefficient (Wildman–Crippen LogP) is 0.810. The topological polar surface area (TPSA) is 58.6 Å². The van der Waals surface area contributed by atoms with Gasteiger partial charge in [-0.1, -0.05) is 19.3 Å². The van der Waals surface area contributed by atoms with Gasteiger partial charge in [0, 0.05) is 0 Å². The molecule has 0 radical (unpaired) electrons. The fraction of sp³-hybridized carbons (Fsp3) is 0.889. The van der Waals surface area contributed by atoms with Gasteiger partial charge < -0.3 is 15.0 Å². The number of nitrogens with one attached hydrogen (secondary N) is 1. The van der Waals surface area contributed by atoms with Crippen LogP contribution in [0.15, 0.2) is 0 Å². The molecule has 0 aliphatic rings. The number of ether oxygens (including phenoxy) is 1. The molecule has 0 saturated carbocycles. The van der Waals surface area contributed by atoms with Crippen molar-refractivity contribution in [1.29, 1.82) is 0 Å². The number of carbonyl (C=O) groups is 1. The SMILES string of the molecule is CB(O)NCCCCCCCOC=O.